The second-order valence-corrected chi connectivity index (χ2v) is 0.831. The summed E-state index contributed by atoms with van der Waals surface area (Å²) in [5.74, 6) is -0.937. The molecule has 0 saturated heterocycles. The van der Waals surface area contributed by atoms with Crippen LogP contribution in [-0.4, -0.2) is 12.2 Å². The lowest BCUT2D eigenvalue weighted by Crippen LogP contribution is -2.00. The van der Waals surface area contributed by atoms with Gasteiger partial charge in [-0.1, -0.05) is 0 Å². The van der Waals surface area contributed by atoms with Crippen LogP contribution in [-0.2, 0) is 9.53 Å². The zero-order valence-corrected chi connectivity index (χ0v) is 3.60. The van der Waals surface area contributed by atoms with Crippen molar-refractivity contribution in [2.75, 3.05) is 0 Å². The first-order valence-electron chi connectivity index (χ1n) is 1.51. The fourth-order valence-corrected chi connectivity index (χ4v) is 0.113. The van der Waals surface area contributed by atoms with Crippen molar-refractivity contribution in [2.45, 2.75) is 6.92 Å². The molecular formula is C3H3FO3. The summed E-state index contributed by atoms with van der Waals surface area (Å²) >= 11 is 0. The predicted molar refractivity (Wildman–Crippen MR) is 18.3 cm³/mol. The standard InChI is InChI=1S/C3H3FO3/c1-2(5)7-3(4)6/h1H3. The van der Waals surface area contributed by atoms with Crippen LogP contribution in [0.1, 0.15) is 6.92 Å². The van der Waals surface area contributed by atoms with Crippen molar-refractivity contribution >= 4 is 12.2 Å². The van der Waals surface area contributed by atoms with E-state index in [0.29, 0.717) is 0 Å². The molecule has 0 aliphatic heterocycles. The van der Waals surface area contributed by atoms with E-state index in [0.717, 1.165) is 6.92 Å². The van der Waals surface area contributed by atoms with Gasteiger partial charge in [-0.2, -0.15) is 0 Å². The fourth-order valence-electron chi connectivity index (χ4n) is 0.113. The maximum atomic E-state index is 10.9. The highest BCUT2D eigenvalue weighted by Gasteiger charge is 1.99. The third-order valence-electron chi connectivity index (χ3n) is 0.224. The van der Waals surface area contributed by atoms with Gasteiger partial charge in [0.25, 0.3) is 0 Å². The van der Waals surface area contributed by atoms with E-state index in [9.17, 15) is 9.18 Å². The largest absolute Gasteiger partial charge is 0.503 e. The third-order valence-corrected chi connectivity index (χ3v) is 0.224. The summed E-state index contributed by atoms with van der Waals surface area (Å²) in [4.78, 5) is 18.7. The molecule has 0 saturated carbocycles. The lowest BCUT2D eigenvalue weighted by atomic mass is 10.8. The summed E-state index contributed by atoms with van der Waals surface area (Å²) in [6.45, 7) is 0.942. The average Bonchev–Trinajstić information content (AvgIpc) is 1.27. The number of carbonyl (C=O) groups excluding carboxylic acids is 2. The molecule has 0 bridgehead atoms. The number of esters is 1. The highest BCUT2D eigenvalue weighted by molar-refractivity contribution is 5.79. The molecule has 0 unspecified atom stereocenters. The third kappa shape index (κ3) is 5.07. The zero-order valence-electron chi connectivity index (χ0n) is 3.60. The van der Waals surface area contributed by atoms with Crippen molar-refractivity contribution in [3.63, 3.8) is 0 Å². The Kier molecular flexibility index (Phi) is 1.98. The first-order valence-corrected chi connectivity index (χ1v) is 1.51. The Labute approximate surface area is 39.1 Å². The van der Waals surface area contributed by atoms with Crippen LogP contribution < -0.4 is 0 Å². The topological polar surface area (TPSA) is 43.4 Å². The molecule has 40 valence electrons. The second kappa shape index (κ2) is 2.28. The predicted octanol–water partition coefficient (Wildman–Crippen LogP) is 0.639. The fraction of sp³-hybridized carbons (Fsp3) is 0.333. The van der Waals surface area contributed by atoms with E-state index in [-0.39, 0.29) is 0 Å². The Balaban J connectivity index is 3.32. The number of hydrogen-bond acceptors (Lipinski definition) is 3. The highest BCUT2D eigenvalue weighted by atomic mass is 19.1. The first-order chi connectivity index (χ1) is 3.13. The van der Waals surface area contributed by atoms with Crippen LogP contribution in [0.3, 0.4) is 0 Å². The Bertz CT molecular complexity index is 86.4. The van der Waals surface area contributed by atoms with Crippen molar-refractivity contribution in [1.29, 1.82) is 0 Å². The number of ether oxygens (including phenoxy) is 1. The molecule has 0 amide bonds. The highest BCUT2D eigenvalue weighted by Crippen LogP contribution is 1.80. The molecule has 0 aliphatic rings. The van der Waals surface area contributed by atoms with Crippen LogP contribution in [0.15, 0.2) is 0 Å². The molecule has 3 nitrogen and oxygen atoms in total. The molecular weight excluding hydrogens is 103 g/mol. The molecule has 0 aliphatic carbocycles. The number of rotatable bonds is 0. The van der Waals surface area contributed by atoms with E-state index >= 15 is 0 Å². The molecule has 4 heteroatoms. The van der Waals surface area contributed by atoms with Gasteiger partial charge in [0, 0.05) is 6.92 Å². The van der Waals surface area contributed by atoms with Gasteiger partial charge in [0.2, 0.25) is 0 Å². The van der Waals surface area contributed by atoms with E-state index in [2.05, 4.69) is 4.74 Å². The summed E-state index contributed by atoms with van der Waals surface area (Å²) in [7, 11) is 0. The van der Waals surface area contributed by atoms with Crippen molar-refractivity contribution in [3.05, 3.63) is 0 Å². The van der Waals surface area contributed by atoms with Gasteiger partial charge in [0.15, 0.2) is 0 Å². The van der Waals surface area contributed by atoms with Crippen LogP contribution in [0.4, 0.5) is 9.18 Å². The first kappa shape index (κ1) is 6.07. The minimum atomic E-state index is -2.06. The SMILES string of the molecule is CC(=O)OC(=O)F. The van der Waals surface area contributed by atoms with Gasteiger partial charge >= 0.3 is 12.2 Å². The van der Waals surface area contributed by atoms with E-state index < -0.39 is 12.2 Å². The lowest BCUT2D eigenvalue weighted by Gasteiger charge is -1.83. The molecule has 0 rings (SSSR count). The molecule has 0 radical (unpaired) electrons. The van der Waals surface area contributed by atoms with E-state index in [4.69, 9.17) is 4.79 Å². The number of halogens is 1. The van der Waals surface area contributed by atoms with Gasteiger partial charge in [-0.3, -0.25) is 4.79 Å². The van der Waals surface area contributed by atoms with Crippen molar-refractivity contribution in [3.8, 4) is 0 Å². The summed E-state index contributed by atoms with van der Waals surface area (Å²) in [6, 6.07) is 0. The van der Waals surface area contributed by atoms with Crippen LogP contribution in [0.2, 0.25) is 0 Å². The van der Waals surface area contributed by atoms with Crippen LogP contribution in [0.25, 0.3) is 0 Å². The Morgan fingerprint density at radius 3 is 2.00 bits per heavy atom. The van der Waals surface area contributed by atoms with Crippen molar-refractivity contribution in [2.24, 2.45) is 0 Å². The van der Waals surface area contributed by atoms with Crippen molar-refractivity contribution < 1.29 is 18.7 Å². The van der Waals surface area contributed by atoms with Crippen LogP contribution >= 0.6 is 0 Å². The molecule has 7 heavy (non-hydrogen) atoms. The van der Waals surface area contributed by atoms with Crippen molar-refractivity contribution in [1.82, 2.24) is 0 Å². The summed E-state index contributed by atoms with van der Waals surface area (Å²) in [5, 5.41) is 0. The molecule has 0 aromatic rings. The minimum absolute atomic E-state index is 0.937. The molecule has 0 spiro atoms. The van der Waals surface area contributed by atoms with Gasteiger partial charge < -0.3 is 4.74 Å². The summed E-state index contributed by atoms with van der Waals surface area (Å²) < 4.78 is 14.2. The smallest absolute Gasteiger partial charge is 0.367 e. The molecule has 0 fully saturated rings. The van der Waals surface area contributed by atoms with Gasteiger partial charge in [0.1, 0.15) is 0 Å². The number of hydrogen-bond donors (Lipinski definition) is 0. The van der Waals surface area contributed by atoms with Gasteiger partial charge in [-0.25, -0.2) is 4.79 Å². The Morgan fingerprint density at radius 1 is 1.57 bits per heavy atom. The molecule has 0 aromatic carbocycles. The van der Waals surface area contributed by atoms with Gasteiger partial charge in [-0.05, 0) is 0 Å². The van der Waals surface area contributed by atoms with Gasteiger partial charge in [0.05, 0.1) is 0 Å². The monoisotopic (exact) mass is 106 g/mol. The normalized spacial score (nSPS) is 7.71. The maximum Gasteiger partial charge on any atom is 0.503 e. The molecule has 0 heterocycles. The summed E-state index contributed by atoms with van der Waals surface area (Å²) in [6.07, 6.45) is -2.06. The number of carbonyl (C=O) groups is 2. The van der Waals surface area contributed by atoms with Crippen LogP contribution in [0, 0.1) is 0 Å². The molecule has 0 aromatic heterocycles. The maximum absolute atomic E-state index is 10.9. The Morgan fingerprint density at radius 2 is 2.00 bits per heavy atom. The average molecular weight is 106 g/mol. The second-order valence-electron chi connectivity index (χ2n) is 0.831. The molecule has 0 N–H and O–H groups in total. The Hall–Kier alpha value is -0.930. The summed E-state index contributed by atoms with van der Waals surface area (Å²) in [5.41, 5.74) is 0. The van der Waals surface area contributed by atoms with E-state index in [1.807, 2.05) is 0 Å². The van der Waals surface area contributed by atoms with Gasteiger partial charge in [-0.15, -0.1) is 4.39 Å². The van der Waals surface area contributed by atoms with Crippen LogP contribution in [0.5, 0.6) is 0 Å². The van der Waals surface area contributed by atoms with E-state index in [1.54, 1.807) is 0 Å². The molecule has 0 atom stereocenters. The van der Waals surface area contributed by atoms with E-state index in [1.165, 1.54) is 0 Å². The lowest BCUT2D eigenvalue weighted by molar-refractivity contribution is -0.135. The quantitative estimate of drug-likeness (QED) is 0.258. The zero-order chi connectivity index (χ0) is 5.86. The minimum Gasteiger partial charge on any atom is -0.367 e.